The van der Waals surface area contributed by atoms with E-state index in [1.807, 2.05) is 32.3 Å². The van der Waals surface area contributed by atoms with Crippen molar-refractivity contribution in [2.24, 2.45) is 5.92 Å². The topological polar surface area (TPSA) is 67.3 Å². The Labute approximate surface area is 174 Å². The number of methoxy groups -OCH3 is 1. The van der Waals surface area contributed by atoms with E-state index in [0.29, 0.717) is 6.54 Å². The zero-order valence-corrected chi connectivity index (χ0v) is 17.8. The number of esters is 1. The second-order valence-electron chi connectivity index (χ2n) is 7.80. The molecule has 1 N–H and O–H groups in total. The Morgan fingerprint density at radius 2 is 2.03 bits per heavy atom. The number of anilines is 1. The number of benzene rings is 1. The molecule has 7 heteroatoms. The minimum atomic E-state index is -0.115. The van der Waals surface area contributed by atoms with Crippen molar-refractivity contribution >= 4 is 33.3 Å². The molecule has 29 heavy (non-hydrogen) atoms. The second-order valence-corrected chi connectivity index (χ2v) is 8.65. The molecule has 0 radical (unpaired) electrons. The SMILES string of the molecule is COC(=O)[C@H]1CC[C@@H](Nc2nc(CN(C)C)nc3scc(-c4ccccc4)c23)C1. The predicted molar refractivity (Wildman–Crippen MR) is 117 cm³/mol. The fourth-order valence-corrected chi connectivity index (χ4v) is 4.93. The normalized spacial score (nSPS) is 19.0. The van der Waals surface area contributed by atoms with Crippen molar-refractivity contribution in [1.82, 2.24) is 14.9 Å². The lowest BCUT2D eigenvalue weighted by Gasteiger charge is -2.17. The predicted octanol–water partition coefficient (Wildman–Crippen LogP) is 4.17. The van der Waals surface area contributed by atoms with Gasteiger partial charge in [-0.3, -0.25) is 4.79 Å². The number of fused-ring (bicyclic) bond motifs is 1. The number of nitrogens with zero attached hydrogens (tertiary/aromatic N) is 3. The van der Waals surface area contributed by atoms with Crippen molar-refractivity contribution in [2.45, 2.75) is 31.8 Å². The highest BCUT2D eigenvalue weighted by molar-refractivity contribution is 7.17. The number of thiophene rings is 1. The highest BCUT2D eigenvalue weighted by atomic mass is 32.1. The Morgan fingerprint density at radius 3 is 2.76 bits per heavy atom. The molecule has 152 valence electrons. The summed E-state index contributed by atoms with van der Waals surface area (Å²) in [6.07, 6.45) is 2.55. The molecule has 1 aliphatic carbocycles. The zero-order chi connectivity index (χ0) is 20.4. The number of ether oxygens (including phenoxy) is 1. The van der Waals surface area contributed by atoms with Crippen LogP contribution in [-0.2, 0) is 16.1 Å². The summed E-state index contributed by atoms with van der Waals surface area (Å²) < 4.78 is 4.93. The quantitative estimate of drug-likeness (QED) is 0.615. The van der Waals surface area contributed by atoms with Gasteiger partial charge in [-0.25, -0.2) is 9.97 Å². The van der Waals surface area contributed by atoms with Gasteiger partial charge in [0.25, 0.3) is 0 Å². The lowest BCUT2D eigenvalue weighted by Crippen LogP contribution is -2.20. The first-order valence-corrected chi connectivity index (χ1v) is 10.8. The Morgan fingerprint density at radius 1 is 1.24 bits per heavy atom. The lowest BCUT2D eigenvalue weighted by atomic mass is 10.1. The van der Waals surface area contributed by atoms with Gasteiger partial charge in [0, 0.05) is 17.0 Å². The highest BCUT2D eigenvalue weighted by Gasteiger charge is 2.31. The molecule has 0 bridgehead atoms. The second kappa shape index (κ2) is 8.47. The van der Waals surface area contributed by atoms with Crippen molar-refractivity contribution in [3.63, 3.8) is 0 Å². The smallest absolute Gasteiger partial charge is 0.308 e. The van der Waals surface area contributed by atoms with E-state index < -0.39 is 0 Å². The number of carbonyl (C=O) groups is 1. The van der Waals surface area contributed by atoms with Gasteiger partial charge in [-0.1, -0.05) is 30.3 Å². The molecule has 1 aromatic carbocycles. The molecule has 3 aromatic rings. The van der Waals surface area contributed by atoms with Gasteiger partial charge in [0.05, 0.1) is 25.0 Å². The zero-order valence-electron chi connectivity index (χ0n) is 17.0. The van der Waals surface area contributed by atoms with Gasteiger partial charge in [-0.2, -0.15) is 0 Å². The number of carbonyl (C=O) groups excluding carboxylic acids is 1. The summed E-state index contributed by atoms with van der Waals surface area (Å²) in [6, 6.07) is 10.5. The maximum Gasteiger partial charge on any atom is 0.308 e. The average Bonchev–Trinajstić information content (AvgIpc) is 3.35. The standard InChI is InChI=1S/C22H26N4O2S/c1-26(2)12-18-24-20(23-16-10-9-15(11-16)22(27)28-3)19-17(13-29-21(19)25-18)14-7-5-4-6-8-14/h4-8,13,15-16H,9-12H2,1-3H3,(H,23,24,25)/t15-,16+/m0/s1. The van der Waals surface area contributed by atoms with E-state index in [4.69, 9.17) is 14.7 Å². The van der Waals surface area contributed by atoms with Crippen LogP contribution in [0.25, 0.3) is 21.3 Å². The van der Waals surface area contributed by atoms with Crippen molar-refractivity contribution in [2.75, 3.05) is 26.5 Å². The van der Waals surface area contributed by atoms with Crippen molar-refractivity contribution in [3.05, 3.63) is 41.5 Å². The van der Waals surface area contributed by atoms with E-state index in [-0.39, 0.29) is 17.9 Å². The minimum absolute atomic E-state index is 0.0351. The first-order valence-electron chi connectivity index (χ1n) is 9.87. The molecule has 1 saturated carbocycles. The monoisotopic (exact) mass is 410 g/mol. The largest absolute Gasteiger partial charge is 0.469 e. The number of rotatable bonds is 6. The maximum absolute atomic E-state index is 11.9. The summed E-state index contributed by atoms with van der Waals surface area (Å²) in [5, 5.41) is 6.85. The lowest BCUT2D eigenvalue weighted by molar-refractivity contribution is -0.145. The molecule has 1 aliphatic rings. The molecule has 2 aromatic heterocycles. The molecule has 0 aliphatic heterocycles. The van der Waals surface area contributed by atoms with Gasteiger partial charge in [0.15, 0.2) is 0 Å². The average molecular weight is 411 g/mol. The Kier molecular flexibility index (Phi) is 5.78. The molecule has 4 rings (SSSR count). The van der Waals surface area contributed by atoms with Crippen LogP contribution in [0.2, 0.25) is 0 Å². The van der Waals surface area contributed by atoms with E-state index in [2.05, 4.69) is 27.7 Å². The Bertz CT molecular complexity index is 1000. The van der Waals surface area contributed by atoms with Gasteiger partial charge in [-0.05, 0) is 38.9 Å². The number of hydrogen-bond acceptors (Lipinski definition) is 7. The first-order chi connectivity index (χ1) is 14.0. The molecular weight excluding hydrogens is 384 g/mol. The molecule has 0 spiro atoms. The van der Waals surface area contributed by atoms with Crippen LogP contribution in [0.1, 0.15) is 25.1 Å². The van der Waals surface area contributed by atoms with Crippen molar-refractivity contribution < 1.29 is 9.53 Å². The van der Waals surface area contributed by atoms with Gasteiger partial charge in [0.1, 0.15) is 16.5 Å². The van der Waals surface area contributed by atoms with Crippen LogP contribution in [0, 0.1) is 5.92 Å². The molecule has 0 unspecified atom stereocenters. The molecule has 1 fully saturated rings. The molecular formula is C22H26N4O2S. The molecule has 2 atom stereocenters. The third-order valence-electron chi connectivity index (χ3n) is 5.33. The summed E-state index contributed by atoms with van der Waals surface area (Å²) in [5.41, 5.74) is 2.30. The van der Waals surface area contributed by atoms with E-state index in [0.717, 1.165) is 52.2 Å². The van der Waals surface area contributed by atoms with Crippen LogP contribution < -0.4 is 5.32 Å². The Hall–Kier alpha value is -2.51. The fraction of sp³-hybridized carbons (Fsp3) is 0.409. The maximum atomic E-state index is 11.9. The fourth-order valence-electron chi connectivity index (χ4n) is 3.96. The highest BCUT2D eigenvalue weighted by Crippen LogP contribution is 2.38. The van der Waals surface area contributed by atoms with Crippen molar-refractivity contribution in [1.29, 1.82) is 0 Å². The van der Waals surface area contributed by atoms with Crippen LogP contribution in [0.15, 0.2) is 35.7 Å². The van der Waals surface area contributed by atoms with E-state index in [1.165, 1.54) is 7.11 Å². The van der Waals surface area contributed by atoms with Gasteiger partial charge in [0.2, 0.25) is 0 Å². The molecule has 6 nitrogen and oxygen atoms in total. The van der Waals surface area contributed by atoms with Crippen LogP contribution in [0.3, 0.4) is 0 Å². The molecule has 0 saturated heterocycles. The summed E-state index contributed by atoms with van der Waals surface area (Å²) >= 11 is 1.65. The van der Waals surface area contributed by atoms with Crippen LogP contribution in [-0.4, -0.2) is 48.1 Å². The first kappa shape index (κ1) is 19.8. The van der Waals surface area contributed by atoms with Crippen molar-refractivity contribution in [3.8, 4) is 11.1 Å². The van der Waals surface area contributed by atoms with E-state index in [9.17, 15) is 4.79 Å². The van der Waals surface area contributed by atoms with Crippen LogP contribution in [0.5, 0.6) is 0 Å². The number of nitrogens with one attached hydrogen (secondary N) is 1. The van der Waals surface area contributed by atoms with E-state index in [1.54, 1.807) is 11.3 Å². The summed E-state index contributed by atoms with van der Waals surface area (Å²) in [6.45, 7) is 0.679. The Balaban J connectivity index is 1.71. The molecule has 2 heterocycles. The minimum Gasteiger partial charge on any atom is -0.469 e. The summed E-state index contributed by atoms with van der Waals surface area (Å²) in [4.78, 5) is 24.7. The van der Waals surface area contributed by atoms with Gasteiger partial charge in [-0.15, -0.1) is 11.3 Å². The van der Waals surface area contributed by atoms with Crippen LogP contribution in [0.4, 0.5) is 5.82 Å². The third-order valence-corrected chi connectivity index (χ3v) is 6.20. The third kappa shape index (κ3) is 4.26. The van der Waals surface area contributed by atoms with Crippen LogP contribution >= 0.6 is 11.3 Å². The summed E-state index contributed by atoms with van der Waals surface area (Å²) in [5.74, 6) is 1.51. The van der Waals surface area contributed by atoms with Gasteiger partial charge < -0.3 is 15.0 Å². The number of aromatic nitrogens is 2. The van der Waals surface area contributed by atoms with Gasteiger partial charge >= 0.3 is 5.97 Å². The molecule has 0 amide bonds. The number of hydrogen-bond donors (Lipinski definition) is 1. The summed E-state index contributed by atoms with van der Waals surface area (Å²) in [7, 11) is 5.49. The van der Waals surface area contributed by atoms with E-state index >= 15 is 0 Å².